The van der Waals surface area contributed by atoms with Crippen molar-refractivity contribution >= 4 is 11.8 Å². The summed E-state index contributed by atoms with van der Waals surface area (Å²) in [4.78, 5) is 28.0. The van der Waals surface area contributed by atoms with Crippen molar-refractivity contribution in [3.05, 3.63) is 65.2 Å². The van der Waals surface area contributed by atoms with E-state index in [9.17, 15) is 14.7 Å². The van der Waals surface area contributed by atoms with Crippen molar-refractivity contribution < 1.29 is 24.2 Å². The van der Waals surface area contributed by atoms with Crippen molar-refractivity contribution in [2.24, 2.45) is 0 Å². The quantitative estimate of drug-likeness (QED) is 0.414. The Kier molecular flexibility index (Phi) is 8.87. The number of hydrogen-bond donors (Lipinski definition) is 2. The Morgan fingerprint density at radius 3 is 2.60 bits per heavy atom. The lowest BCUT2D eigenvalue weighted by atomic mass is 9.69. The number of ether oxygens (including phenoxy) is 2. The number of carbonyl (C=O) groups excluding carboxylic acids is 2. The Hall–Kier alpha value is -2.90. The van der Waals surface area contributed by atoms with E-state index >= 15 is 0 Å². The Morgan fingerprint density at radius 2 is 1.88 bits per heavy atom. The minimum Gasteiger partial charge on any atom is -0.487 e. The average molecular weight is 575 g/mol. The molecule has 2 N–H and O–H groups in total. The fourth-order valence-corrected chi connectivity index (χ4v) is 7.51. The normalized spacial score (nSPS) is 24.9. The summed E-state index contributed by atoms with van der Waals surface area (Å²) in [5.74, 6) is 1.04. The number of rotatable bonds is 10. The van der Waals surface area contributed by atoms with E-state index in [2.05, 4.69) is 30.4 Å². The first-order valence-electron chi connectivity index (χ1n) is 16.2. The molecule has 2 amide bonds. The van der Waals surface area contributed by atoms with Crippen LogP contribution < -0.4 is 10.1 Å². The summed E-state index contributed by atoms with van der Waals surface area (Å²) in [6, 6.07) is 16.4. The standard InChI is InChI=1S/C35H46N2O5/c1-2-24-13-16-31-28(19-24)26(21-35(42-31)17-8-18-35)14-15-30(38)29(20-25-9-4-3-5-10-25)36-34(40)32-22-37(33(39)23-41-32)27-11-6-7-12-27/h3-5,9-10,13,16,19,26-27,29-30,32,38H,2,6-8,11-12,14-15,17-18,20-23H2,1H3,(H,36,40)/t26-,29-,30+,32?/m0/s1. The van der Waals surface area contributed by atoms with Crippen LogP contribution in [0.1, 0.15) is 93.7 Å². The van der Waals surface area contributed by atoms with E-state index in [-0.39, 0.29) is 36.6 Å². The van der Waals surface area contributed by atoms with Crippen molar-refractivity contribution in [3.8, 4) is 5.75 Å². The maximum absolute atomic E-state index is 13.5. The van der Waals surface area contributed by atoms with Gasteiger partial charge >= 0.3 is 0 Å². The molecule has 2 aromatic carbocycles. The second-order valence-corrected chi connectivity index (χ2v) is 13.0. The van der Waals surface area contributed by atoms with Crippen molar-refractivity contribution in [2.75, 3.05) is 13.2 Å². The second-order valence-electron chi connectivity index (χ2n) is 13.0. The van der Waals surface area contributed by atoms with Crippen molar-refractivity contribution in [1.29, 1.82) is 0 Å². The van der Waals surface area contributed by atoms with Crippen LogP contribution in [0.15, 0.2) is 48.5 Å². The molecule has 1 unspecified atom stereocenters. The van der Waals surface area contributed by atoms with Gasteiger partial charge in [-0.15, -0.1) is 0 Å². The van der Waals surface area contributed by atoms with Gasteiger partial charge in [-0.2, -0.15) is 0 Å². The fourth-order valence-electron chi connectivity index (χ4n) is 7.51. The lowest BCUT2D eigenvalue weighted by Gasteiger charge is -2.48. The van der Waals surface area contributed by atoms with Crippen LogP contribution in [-0.2, 0) is 27.2 Å². The summed E-state index contributed by atoms with van der Waals surface area (Å²) in [6.07, 6.45) is 10.1. The Balaban J connectivity index is 1.15. The topological polar surface area (TPSA) is 88.1 Å². The summed E-state index contributed by atoms with van der Waals surface area (Å²) in [7, 11) is 0. The Bertz CT molecular complexity index is 1240. The molecule has 7 nitrogen and oxygen atoms in total. The number of nitrogens with zero attached hydrogens (tertiary/aromatic N) is 1. The second kappa shape index (κ2) is 12.8. The third kappa shape index (κ3) is 6.37. The van der Waals surface area contributed by atoms with Crippen LogP contribution in [0.3, 0.4) is 0 Å². The highest BCUT2D eigenvalue weighted by Crippen LogP contribution is 2.51. The predicted octanol–water partition coefficient (Wildman–Crippen LogP) is 5.08. The van der Waals surface area contributed by atoms with Crippen LogP contribution in [0.5, 0.6) is 5.75 Å². The number of nitrogens with one attached hydrogen (secondary N) is 1. The fraction of sp³-hybridized carbons (Fsp3) is 0.600. The van der Waals surface area contributed by atoms with Crippen molar-refractivity contribution in [3.63, 3.8) is 0 Å². The van der Waals surface area contributed by atoms with Gasteiger partial charge in [0, 0.05) is 6.04 Å². The molecule has 2 aliphatic carbocycles. The smallest absolute Gasteiger partial charge is 0.251 e. The van der Waals surface area contributed by atoms with Gasteiger partial charge in [0.05, 0.1) is 18.7 Å². The zero-order valence-corrected chi connectivity index (χ0v) is 24.9. The number of amides is 2. The van der Waals surface area contributed by atoms with Gasteiger partial charge in [-0.3, -0.25) is 9.59 Å². The molecule has 2 aliphatic heterocycles. The molecular formula is C35H46N2O5. The lowest BCUT2D eigenvalue weighted by molar-refractivity contribution is -0.158. The zero-order chi connectivity index (χ0) is 29.1. The first kappa shape index (κ1) is 29.2. The molecule has 0 radical (unpaired) electrons. The summed E-state index contributed by atoms with van der Waals surface area (Å²) in [6.45, 7) is 2.39. The number of morpholine rings is 1. The molecule has 226 valence electrons. The molecule has 1 spiro atoms. The van der Waals surface area contributed by atoms with Gasteiger partial charge in [0.25, 0.3) is 5.91 Å². The number of aryl methyl sites for hydroxylation is 1. The molecule has 4 aliphatic rings. The number of aliphatic hydroxyl groups is 1. The molecule has 7 heteroatoms. The summed E-state index contributed by atoms with van der Waals surface area (Å²) in [5, 5.41) is 14.8. The first-order valence-corrected chi connectivity index (χ1v) is 16.2. The molecule has 6 rings (SSSR count). The van der Waals surface area contributed by atoms with E-state index in [1.807, 2.05) is 35.2 Å². The molecular weight excluding hydrogens is 528 g/mol. The molecule has 0 bridgehead atoms. The van der Waals surface area contributed by atoms with Crippen LogP contribution >= 0.6 is 0 Å². The molecule has 2 saturated carbocycles. The minimum atomic E-state index is -0.720. The molecule has 3 fully saturated rings. The van der Waals surface area contributed by atoms with Crippen LogP contribution in [0.4, 0.5) is 0 Å². The largest absolute Gasteiger partial charge is 0.487 e. The summed E-state index contributed by atoms with van der Waals surface area (Å²) >= 11 is 0. The van der Waals surface area contributed by atoms with Crippen LogP contribution in [-0.4, -0.2) is 64.9 Å². The highest BCUT2D eigenvalue weighted by Gasteiger charge is 2.45. The zero-order valence-electron chi connectivity index (χ0n) is 24.9. The van der Waals surface area contributed by atoms with E-state index in [1.54, 1.807) is 0 Å². The van der Waals surface area contributed by atoms with Crippen molar-refractivity contribution in [1.82, 2.24) is 10.2 Å². The minimum absolute atomic E-state index is 0.0287. The number of hydrogen-bond acceptors (Lipinski definition) is 5. The van der Waals surface area contributed by atoms with Crippen molar-refractivity contribution in [2.45, 2.75) is 120 Å². The SMILES string of the molecule is CCc1ccc2c(c1)[C@@H](CC[C@@H](O)[C@H](Cc1ccccc1)NC(=O)C1CN(C3CCCC3)C(=O)CO1)CC1(CCC1)O2. The maximum atomic E-state index is 13.5. The Morgan fingerprint density at radius 1 is 1.10 bits per heavy atom. The number of fused-ring (bicyclic) bond motifs is 1. The third-order valence-electron chi connectivity index (χ3n) is 10.2. The molecule has 1 saturated heterocycles. The highest BCUT2D eigenvalue weighted by atomic mass is 16.5. The van der Waals surface area contributed by atoms with Gasteiger partial charge in [0.1, 0.15) is 18.0 Å². The monoisotopic (exact) mass is 574 g/mol. The van der Waals surface area contributed by atoms with Gasteiger partial charge in [-0.25, -0.2) is 0 Å². The van der Waals surface area contributed by atoms with Crippen LogP contribution in [0.25, 0.3) is 0 Å². The lowest BCUT2D eigenvalue weighted by Crippen LogP contribution is -2.57. The summed E-state index contributed by atoms with van der Waals surface area (Å²) < 4.78 is 12.3. The highest BCUT2D eigenvalue weighted by molar-refractivity contribution is 5.85. The van der Waals surface area contributed by atoms with Gasteiger partial charge in [-0.05, 0) is 92.9 Å². The van der Waals surface area contributed by atoms with Crippen LogP contribution in [0, 0.1) is 0 Å². The van der Waals surface area contributed by atoms with E-state index in [0.29, 0.717) is 18.8 Å². The average Bonchev–Trinajstić information content (AvgIpc) is 3.54. The van der Waals surface area contributed by atoms with E-state index < -0.39 is 18.2 Å². The maximum Gasteiger partial charge on any atom is 0.251 e. The van der Waals surface area contributed by atoms with E-state index in [4.69, 9.17) is 9.47 Å². The molecule has 2 heterocycles. The Labute approximate surface area is 250 Å². The third-order valence-corrected chi connectivity index (χ3v) is 10.2. The van der Waals surface area contributed by atoms with Gasteiger partial charge in [0.15, 0.2) is 6.10 Å². The molecule has 2 aromatic rings. The molecule has 42 heavy (non-hydrogen) atoms. The van der Waals surface area contributed by atoms with Gasteiger partial charge in [0.2, 0.25) is 5.91 Å². The molecule has 4 atom stereocenters. The number of carbonyl (C=O) groups is 2. The first-order chi connectivity index (χ1) is 20.4. The predicted molar refractivity (Wildman–Crippen MR) is 161 cm³/mol. The van der Waals surface area contributed by atoms with Gasteiger partial charge in [-0.1, -0.05) is 62.2 Å². The van der Waals surface area contributed by atoms with Crippen LogP contribution in [0.2, 0.25) is 0 Å². The molecule has 0 aromatic heterocycles. The van der Waals surface area contributed by atoms with E-state index in [0.717, 1.165) is 69.1 Å². The number of aliphatic hydroxyl groups excluding tert-OH is 1. The number of benzene rings is 2. The van der Waals surface area contributed by atoms with Gasteiger partial charge < -0.3 is 24.8 Å². The van der Waals surface area contributed by atoms with E-state index in [1.165, 1.54) is 17.5 Å². The summed E-state index contributed by atoms with van der Waals surface area (Å²) in [5.41, 5.74) is 3.57.